The molecule has 5 heteroatoms. The monoisotopic (exact) mass is 829 g/mol. The van der Waals surface area contributed by atoms with E-state index in [0.717, 1.165) is 0 Å². The van der Waals surface area contributed by atoms with Crippen molar-refractivity contribution in [3.63, 3.8) is 0 Å². The van der Waals surface area contributed by atoms with Crippen LogP contribution in [0.2, 0.25) is 0 Å². The van der Waals surface area contributed by atoms with E-state index in [-0.39, 0.29) is 0 Å². The van der Waals surface area contributed by atoms with Crippen molar-refractivity contribution in [2.75, 3.05) is 0 Å². The predicted molar refractivity (Wildman–Crippen MR) is 256 cm³/mol. The standard InChI is InChI=1S/C57H37N5/c1-4-16-38(17-5-1)40-28-32-42(33-29-40)45-22-10-13-25-50(45)61-51-26-14-11-23-46(51)48-36-37-49-47-24-12-15-27-52(47)62(54(49)53(48)61)57-59-55(43-20-8-3-9-21-43)58-56(60-57)44-34-30-41(31-35-44)39-18-6-2-7-19-39/h1-37H/i1D,2D,3D,4D,5D,6D,7D,8D,9D,10D,11D,12D,13D,14D,15D,16D,17D,18D,19D,20D,21D,22D,23D,24D,25D,26D,27D,28D,29D,30D,31D,32D,33D,34D,35D,36D,37D. The number of nitrogens with zero attached hydrogens (tertiary/aromatic N) is 5. The summed E-state index contributed by atoms with van der Waals surface area (Å²) in [4.78, 5) is 13.4. The fourth-order valence-corrected chi connectivity index (χ4v) is 6.80. The molecule has 0 saturated carbocycles. The van der Waals surface area contributed by atoms with Crippen LogP contribution in [-0.2, 0) is 0 Å². The van der Waals surface area contributed by atoms with Gasteiger partial charge in [0.2, 0.25) is 5.95 Å². The summed E-state index contributed by atoms with van der Waals surface area (Å²) < 4.78 is 337. The largest absolute Gasteiger partial charge is 0.307 e. The first-order valence-corrected chi connectivity index (χ1v) is 17.9. The first kappa shape index (κ1) is 14.4. The summed E-state index contributed by atoms with van der Waals surface area (Å²) in [6, 6.07) is -39.5. The molecule has 0 N–H and O–H groups in total. The summed E-state index contributed by atoms with van der Waals surface area (Å²) in [5.41, 5.74) is -11.9. The molecule has 0 spiro atoms. The molecule has 5 nitrogen and oxygen atoms in total. The zero-order valence-electron chi connectivity index (χ0n) is 67.7. The predicted octanol–water partition coefficient (Wildman–Crippen LogP) is 14.4. The number of para-hydroxylation sites is 3. The molecule has 0 amide bonds. The molecule has 3 aromatic heterocycles. The van der Waals surface area contributed by atoms with E-state index in [1.165, 1.54) is 0 Å². The third-order valence-corrected chi connectivity index (χ3v) is 9.40. The van der Waals surface area contributed by atoms with Gasteiger partial charge in [0.05, 0.1) is 78.5 Å². The molecule has 0 radical (unpaired) electrons. The van der Waals surface area contributed by atoms with Crippen molar-refractivity contribution >= 4 is 43.6 Å². The number of aromatic nitrogens is 5. The Morgan fingerprint density at radius 2 is 0.677 bits per heavy atom. The van der Waals surface area contributed by atoms with E-state index in [2.05, 4.69) is 15.0 Å². The first-order valence-electron chi connectivity index (χ1n) is 36.4. The Balaban J connectivity index is 1.37. The SMILES string of the molecule is [2H]c1c([2H])c([2H])c(-c2nc(-c3c([2H])c([2H])c(-c4c([2H])c([2H])c([2H])c([2H])c4[2H])c([2H])c3[2H])nc(-n3c4c([2H])c([2H])c([2H])c([2H])c4c4c([2H])c([2H])c5c6c([2H])c([2H])c([2H])c([2H])c6n(-c6c([2H])c([2H])c([2H])c([2H])c6-c6c([2H])c([2H])c(-c7c([2H])c([2H])c([2H])c([2H])c7[2H])c([2H])c6[2H])c5c43)n2)c([2H])c1[2H]. The quantitative estimate of drug-likeness (QED) is 0.161. The first-order chi connectivity index (χ1) is 46.1. The molecule has 0 aliphatic rings. The van der Waals surface area contributed by atoms with Gasteiger partial charge in [0.25, 0.3) is 0 Å². The number of rotatable bonds is 7. The molecule has 12 aromatic rings. The minimum absolute atomic E-state index is 0.635. The minimum atomic E-state index is -1.24. The van der Waals surface area contributed by atoms with Gasteiger partial charge in [0.1, 0.15) is 0 Å². The van der Waals surface area contributed by atoms with Crippen molar-refractivity contribution in [3.05, 3.63) is 224 Å². The molecule has 290 valence electrons. The number of benzene rings is 9. The number of hydrogen-bond acceptors (Lipinski definition) is 3. The fourth-order valence-electron chi connectivity index (χ4n) is 6.80. The molecule has 3 heterocycles. The lowest BCUT2D eigenvalue weighted by molar-refractivity contribution is 0.953. The third-order valence-electron chi connectivity index (χ3n) is 9.40. The van der Waals surface area contributed by atoms with Crippen LogP contribution in [0.1, 0.15) is 50.7 Å². The smallest absolute Gasteiger partial charge is 0.238 e. The number of hydrogen-bond donors (Lipinski definition) is 0. The molecule has 12 rings (SSSR count). The van der Waals surface area contributed by atoms with Gasteiger partial charge in [-0.05, 0) is 45.9 Å². The van der Waals surface area contributed by atoms with Crippen LogP contribution in [0.3, 0.4) is 0 Å². The third kappa shape index (κ3) is 5.90. The summed E-state index contributed by atoms with van der Waals surface area (Å²) in [5.74, 6) is -3.23. The lowest BCUT2D eigenvalue weighted by Crippen LogP contribution is -2.07. The molecule has 0 atom stereocenters. The molecule has 0 saturated heterocycles. The van der Waals surface area contributed by atoms with Gasteiger partial charge in [0, 0.05) is 38.2 Å². The van der Waals surface area contributed by atoms with E-state index in [9.17, 15) is 23.3 Å². The second kappa shape index (κ2) is 14.7. The van der Waals surface area contributed by atoms with E-state index in [0.29, 0.717) is 9.13 Å². The Labute approximate surface area is 410 Å². The molecule has 0 aliphatic carbocycles. The zero-order chi connectivity index (χ0) is 73.2. The highest BCUT2D eigenvalue weighted by Crippen LogP contribution is 2.43. The maximum absolute atomic E-state index is 9.90. The molecule has 0 fully saturated rings. The topological polar surface area (TPSA) is 48.5 Å². The van der Waals surface area contributed by atoms with Crippen molar-refractivity contribution in [1.29, 1.82) is 0 Å². The molecular weight excluding hydrogens is 755 g/mol. The van der Waals surface area contributed by atoms with Gasteiger partial charge in [-0.3, -0.25) is 4.57 Å². The van der Waals surface area contributed by atoms with Gasteiger partial charge in [-0.15, -0.1) is 0 Å². The Hall–Kier alpha value is -8.41. The van der Waals surface area contributed by atoms with Gasteiger partial charge in [0.15, 0.2) is 11.6 Å². The van der Waals surface area contributed by atoms with Crippen LogP contribution in [0, 0.1) is 0 Å². The molecule has 9 aromatic carbocycles. The van der Waals surface area contributed by atoms with Crippen LogP contribution in [-0.4, -0.2) is 24.1 Å². The average Bonchev–Trinajstić information content (AvgIpc) is 1.52. The maximum Gasteiger partial charge on any atom is 0.238 e. The summed E-state index contributed by atoms with van der Waals surface area (Å²) in [6.07, 6.45) is 0. The van der Waals surface area contributed by atoms with Crippen molar-refractivity contribution < 1.29 is 50.7 Å². The van der Waals surface area contributed by atoms with Crippen LogP contribution in [0.25, 0.3) is 111 Å². The average molecular weight is 829 g/mol. The van der Waals surface area contributed by atoms with Gasteiger partial charge in [-0.2, -0.15) is 9.97 Å². The highest BCUT2D eigenvalue weighted by atomic mass is 15.2. The van der Waals surface area contributed by atoms with E-state index in [1.807, 2.05) is 0 Å². The van der Waals surface area contributed by atoms with Crippen LogP contribution in [0.15, 0.2) is 224 Å². The summed E-state index contributed by atoms with van der Waals surface area (Å²) >= 11 is 0. The van der Waals surface area contributed by atoms with E-state index >= 15 is 0 Å². The Bertz CT molecular complexity index is 5690. The minimum Gasteiger partial charge on any atom is -0.307 e. The van der Waals surface area contributed by atoms with Crippen molar-refractivity contribution in [2.24, 2.45) is 0 Å². The van der Waals surface area contributed by atoms with Gasteiger partial charge < -0.3 is 4.57 Å². The highest BCUT2D eigenvalue weighted by Gasteiger charge is 2.24. The number of fused-ring (bicyclic) bond motifs is 7. The summed E-state index contributed by atoms with van der Waals surface area (Å²) in [7, 11) is 0. The van der Waals surface area contributed by atoms with E-state index < -0.39 is 335 Å². The highest BCUT2D eigenvalue weighted by molar-refractivity contribution is 6.24. The second-order valence-electron chi connectivity index (χ2n) is 12.8. The Kier molecular flexibility index (Phi) is 3.40. The molecule has 0 bridgehead atoms. The van der Waals surface area contributed by atoms with Crippen LogP contribution >= 0.6 is 0 Å². The molecule has 0 aliphatic heterocycles. The van der Waals surface area contributed by atoms with Crippen LogP contribution in [0.4, 0.5) is 0 Å². The molecular formula is C57H37N5. The van der Waals surface area contributed by atoms with Crippen molar-refractivity contribution in [3.8, 4) is 67.8 Å². The van der Waals surface area contributed by atoms with Gasteiger partial charge >= 0.3 is 0 Å². The normalized spacial score (nSPS) is 19.9. The zero-order valence-corrected chi connectivity index (χ0v) is 30.7. The second-order valence-corrected chi connectivity index (χ2v) is 12.8. The van der Waals surface area contributed by atoms with Gasteiger partial charge in [-0.1, -0.05) is 205 Å². The van der Waals surface area contributed by atoms with Gasteiger partial charge in [-0.25, -0.2) is 4.98 Å². The van der Waals surface area contributed by atoms with Crippen LogP contribution in [0.5, 0.6) is 0 Å². The fraction of sp³-hybridized carbons (Fsp3) is 0. The summed E-state index contributed by atoms with van der Waals surface area (Å²) in [6.45, 7) is 0. The molecule has 62 heavy (non-hydrogen) atoms. The Morgan fingerprint density at radius 1 is 0.290 bits per heavy atom. The maximum atomic E-state index is 9.90. The van der Waals surface area contributed by atoms with Crippen molar-refractivity contribution in [1.82, 2.24) is 24.1 Å². The lowest BCUT2D eigenvalue weighted by atomic mass is 9.99. The van der Waals surface area contributed by atoms with Crippen LogP contribution < -0.4 is 0 Å². The van der Waals surface area contributed by atoms with Crippen molar-refractivity contribution in [2.45, 2.75) is 0 Å². The lowest BCUT2D eigenvalue weighted by Gasteiger charge is -2.16. The van der Waals surface area contributed by atoms with E-state index in [1.54, 1.807) is 0 Å². The van der Waals surface area contributed by atoms with E-state index in [4.69, 9.17) is 27.4 Å². The molecule has 0 unspecified atom stereocenters. The summed E-state index contributed by atoms with van der Waals surface area (Å²) in [5, 5.41) is -3.07. The Morgan fingerprint density at radius 3 is 1.24 bits per heavy atom.